The van der Waals surface area contributed by atoms with Gasteiger partial charge in [0.2, 0.25) is 0 Å². The number of aromatic carboxylic acids is 1. The number of hydrogen-bond donors (Lipinski definition) is 1. The summed E-state index contributed by atoms with van der Waals surface area (Å²) in [5.41, 5.74) is 0.439. The maximum atomic E-state index is 12.2. The van der Waals surface area contributed by atoms with Gasteiger partial charge in [0.25, 0.3) is 10.0 Å². The van der Waals surface area contributed by atoms with E-state index >= 15 is 0 Å². The van der Waals surface area contributed by atoms with Crippen LogP contribution in [0.25, 0.3) is 0 Å². The molecule has 1 N–H and O–H groups in total. The second-order valence-electron chi connectivity index (χ2n) is 4.00. The van der Waals surface area contributed by atoms with Gasteiger partial charge in [0.15, 0.2) is 0 Å². The van der Waals surface area contributed by atoms with Gasteiger partial charge in [-0.3, -0.25) is 4.84 Å². The summed E-state index contributed by atoms with van der Waals surface area (Å²) in [6.45, 7) is 2.27. The first-order chi connectivity index (χ1) is 8.43. The summed E-state index contributed by atoms with van der Waals surface area (Å²) in [7, 11) is -3.78. The van der Waals surface area contributed by atoms with Gasteiger partial charge in [-0.15, -0.1) is 0 Å². The summed E-state index contributed by atoms with van der Waals surface area (Å²) in [5.74, 6) is -1.16. The van der Waals surface area contributed by atoms with Gasteiger partial charge < -0.3 is 5.11 Å². The molecule has 0 unspecified atom stereocenters. The molecule has 0 radical (unpaired) electrons. The van der Waals surface area contributed by atoms with Crippen LogP contribution in [0.2, 0.25) is 0 Å². The van der Waals surface area contributed by atoms with E-state index in [4.69, 9.17) is 9.94 Å². The molecule has 1 heterocycles. The van der Waals surface area contributed by atoms with Gasteiger partial charge in [-0.2, -0.15) is 0 Å². The summed E-state index contributed by atoms with van der Waals surface area (Å²) in [6.07, 6.45) is 0.636. The predicted octanol–water partition coefficient (Wildman–Crippen LogP) is 1.02. The van der Waals surface area contributed by atoms with Gasteiger partial charge in [-0.25, -0.2) is 13.2 Å². The summed E-state index contributed by atoms with van der Waals surface area (Å²) in [6, 6.07) is 4.02. The maximum absolute atomic E-state index is 12.2. The van der Waals surface area contributed by atoms with Crippen molar-refractivity contribution in [1.82, 2.24) is 4.47 Å². The molecule has 1 aliphatic heterocycles. The van der Waals surface area contributed by atoms with Gasteiger partial charge in [0.1, 0.15) is 0 Å². The van der Waals surface area contributed by atoms with Crippen molar-refractivity contribution in [2.24, 2.45) is 0 Å². The smallest absolute Gasteiger partial charge is 0.335 e. The van der Waals surface area contributed by atoms with Crippen LogP contribution in [0.15, 0.2) is 23.1 Å². The molecule has 1 fully saturated rings. The van der Waals surface area contributed by atoms with E-state index in [1.54, 1.807) is 6.92 Å². The maximum Gasteiger partial charge on any atom is 0.335 e. The van der Waals surface area contributed by atoms with Crippen LogP contribution in [0.4, 0.5) is 0 Å². The molecule has 6 nitrogen and oxygen atoms in total. The molecular formula is C11H13NO5S. The molecule has 0 atom stereocenters. The normalized spacial score (nSPS) is 16.9. The number of carboxylic acid groups (broad SMARTS) is 1. The lowest BCUT2D eigenvalue weighted by molar-refractivity contribution is -0.0285. The van der Waals surface area contributed by atoms with Crippen molar-refractivity contribution in [3.05, 3.63) is 29.3 Å². The number of aryl methyl sites for hydroxylation is 1. The van der Waals surface area contributed by atoms with Crippen molar-refractivity contribution in [2.45, 2.75) is 18.2 Å². The Kier molecular flexibility index (Phi) is 3.38. The zero-order valence-electron chi connectivity index (χ0n) is 9.79. The van der Waals surface area contributed by atoms with E-state index in [9.17, 15) is 13.2 Å². The second kappa shape index (κ2) is 4.68. The fourth-order valence-corrected chi connectivity index (χ4v) is 3.29. The Morgan fingerprint density at radius 2 is 2.17 bits per heavy atom. The third kappa shape index (κ3) is 2.24. The summed E-state index contributed by atoms with van der Waals surface area (Å²) >= 11 is 0. The molecule has 1 saturated heterocycles. The van der Waals surface area contributed by atoms with Crippen LogP contribution >= 0.6 is 0 Å². The predicted molar refractivity (Wildman–Crippen MR) is 62.6 cm³/mol. The quantitative estimate of drug-likeness (QED) is 0.887. The van der Waals surface area contributed by atoms with Gasteiger partial charge in [0.05, 0.1) is 17.1 Å². The average Bonchev–Trinajstić information content (AvgIpc) is 2.82. The zero-order chi connectivity index (χ0) is 13.3. The van der Waals surface area contributed by atoms with Crippen molar-refractivity contribution in [3.8, 4) is 0 Å². The highest BCUT2D eigenvalue weighted by Gasteiger charge is 2.30. The lowest BCUT2D eigenvalue weighted by atomic mass is 10.1. The van der Waals surface area contributed by atoms with Crippen molar-refractivity contribution in [2.75, 3.05) is 13.2 Å². The third-order valence-electron chi connectivity index (χ3n) is 2.70. The Bertz CT molecular complexity index is 575. The molecule has 1 aromatic carbocycles. The first-order valence-corrected chi connectivity index (χ1v) is 6.86. The number of carbonyl (C=O) groups is 1. The summed E-state index contributed by atoms with van der Waals surface area (Å²) < 4.78 is 25.4. The van der Waals surface area contributed by atoms with E-state index in [2.05, 4.69) is 0 Å². The fraction of sp³-hybridized carbons (Fsp3) is 0.364. The lowest BCUT2D eigenvalue weighted by Crippen LogP contribution is -2.27. The number of rotatable bonds is 3. The average molecular weight is 271 g/mol. The molecule has 0 aromatic heterocycles. The molecule has 1 aromatic rings. The molecule has 0 aliphatic carbocycles. The topological polar surface area (TPSA) is 83.9 Å². The van der Waals surface area contributed by atoms with Crippen molar-refractivity contribution < 1.29 is 23.2 Å². The highest BCUT2D eigenvalue weighted by molar-refractivity contribution is 7.89. The van der Waals surface area contributed by atoms with Crippen molar-refractivity contribution >= 4 is 16.0 Å². The van der Waals surface area contributed by atoms with Crippen molar-refractivity contribution in [3.63, 3.8) is 0 Å². The molecule has 0 spiro atoms. The van der Waals surface area contributed by atoms with Crippen LogP contribution in [0.3, 0.4) is 0 Å². The van der Waals surface area contributed by atoms with E-state index < -0.39 is 16.0 Å². The van der Waals surface area contributed by atoms with E-state index in [0.717, 1.165) is 10.5 Å². The largest absolute Gasteiger partial charge is 0.478 e. The first kappa shape index (κ1) is 13.0. The Balaban J connectivity index is 2.49. The van der Waals surface area contributed by atoms with Crippen molar-refractivity contribution in [1.29, 1.82) is 0 Å². The monoisotopic (exact) mass is 271 g/mol. The van der Waals surface area contributed by atoms with Crippen LogP contribution in [-0.4, -0.2) is 37.1 Å². The number of hydroxylamine groups is 1. The molecule has 7 heteroatoms. The zero-order valence-corrected chi connectivity index (χ0v) is 10.6. The van der Waals surface area contributed by atoms with E-state index in [0.29, 0.717) is 25.1 Å². The third-order valence-corrected chi connectivity index (χ3v) is 4.52. The van der Waals surface area contributed by atoms with E-state index in [-0.39, 0.29) is 10.5 Å². The van der Waals surface area contributed by atoms with Crippen LogP contribution < -0.4 is 0 Å². The Morgan fingerprint density at radius 1 is 1.44 bits per heavy atom. The standard InChI is InChI=1S/C11H13NO5S/c1-8-3-4-9(11(13)14)7-10(8)18(15,16)12-5-2-6-17-12/h3-4,7H,2,5-6H2,1H3,(H,13,14). The highest BCUT2D eigenvalue weighted by atomic mass is 32.2. The van der Waals surface area contributed by atoms with E-state index in [1.165, 1.54) is 12.1 Å². The fourth-order valence-electron chi connectivity index (χ4n) is 1.73. The SMILES string of the molecule is Cc1ccc(C(=O)O)cc1S(=O)(=O)N1CCCO1. The van der Waals surface area contributed by atoms with E-state index in [1.807, 2.05) is 0 Å². The Morgan fingerprint density at radius 3 is 2.72 bits per heavy atom. The minimum atomic E-state index is -3.78. The number of carboxylic acids is 1. The number of sulfonamides is 1. The molecule has 0 bridgehead atoms. The summed E-state index contributed by atoms with van der Waals surface area (Å²) in [4.78, 5) is 15.9. The molecule has 0 amide bonds. The van der Waals surface area contributed by atoms with Gasteiger partial charge in [0, 0.05) is 6.54 Å². The lowest BCUT2D eigenvalue weighted by Gasteiger charge is -2.16. The molecule has 2 rings (SSSR count). The highest BCUT2D eigenvalue weighted by Crippen LogP contribution is 2.24. The van der Waals surface area contributed by atoms with Gasteiger partial charge in [-0.05, 0) is 31.0 Å². The summed E-state index contributed by atoms with van der Waals surface area (Å²) in [5, 5.41) is 8.89. The Hall–Kier alpha value is -1.44. The van der Waals surface area contributed by atoms with Crippen LogP contribution in [0.1, 0.15) is 22.3 Å². The molecule has 0 saturated carbocycles. The van der Waals surface area contributed by atoms with Crippen LogP contribution in [-0.2, 0) is 14.9 Å². The second-order valence-corrected chi connectivity index (χ2v) is 5.80. The minimum absolute atomic E-state index is 0.0238. The molecular weight excluding hydrogens is 258 g/mol. The first-order valence-electron chi connectivity index (χ1n) is 5.42. The van der Waals surface area contributed by atoms with Gasteiger partial charge >= 0.3 is 5.97 Å². The number of hydrogen-bond acceptors (Lipinski definition) is 4. The van der Waals surface area contributed by atoms with Gasteiger partial charge in [-0.1, -0.05) is 10.5 Å². The molecule has 98 valence electrons. The Labute approximate surface area is 105 Å². The molecule has 1 aliphatic rings. The minimum Gasteiger partial charge on any atom is -0.478 e. The molecule has 18 heavy (non-hydrogen) atoms. The van der Waals surface area contributed by atoms with Crippen LogP contribution in [0.5, 0.6) is 0 Å². The van der Waals surface area contributed by atoms with Crippen LogP contribution in [0, 0.1) is 6.92 Å². The number of nitrogens with zero attached hydrogens (tertiary/aromatic N) is 1. The number of benzene rings is 1.